The molecule has 0 saturated carbocycles. The van der Waals surface area contributed by atoms with Gasteiger partial charge in [-0.05, 0) is 42.9 Å². The number of phenols is 1. The molecular weight excluding hydrogens is 304 g/mol. The largest absolute Gasteiger partial charge is 0.506 e. The number of piperidine rings is 1. The van der Waals surface area contributed by atoms with Crippen LogP contribution in [0.4, 0.5) is 5.13 Å². The second-order valence-corrected chi connectivity index (χ2v) is 7.25. The van der Waals surface area contributed by atoms with Gasteiger partial charge in [-0.3, -0.25) is 0 Å². The molecule has 2 aromatic carbocycles. The van der Waals surface area contributed by atoms with Crippen molar-refractivity contribution in [2.24, 2.45) is 5.92 Å². The van der Waals surface area contributed by atoms with Gasteiger partial charge in [0, 0.05) is 13.1 Å². The Kier molecular flexibility index (Phi) is 3.92. The first-order chi connectivity index (χ1) is 11.3. The van der Waals surface area contributed by atoms with Crippen LogP contribution in [0, 0.1) is 5.92 Å². The zero-order valence-electron chi connectivity index (χ0n) is 13.0. The highest BCUT2D eigenvalue weighted by molar-refractivity contribution is 7.22. The normalized spacial score (nSPS) is 16.1. The van der Waals surface area contributed by atoms with Crippen LogP contribution < -0.4 is 4.90 Å². The lowest BCUT2D eigenvalue weighted by atomic mass is 9.90. The molecule has 23 heavy (non-hydrogen) atoms. The Hall–Kier alpha value is -2.07. The molecule has 4 heteroatoms. The Bertz CT molecular complexity index is 791. The van der Waals surface area contributed by atoms with Crippen LogP contribution in [0.1, 0.15) is 18.4 Å². The number of hydrogen-bond acceptors (Lipinski definition) is 4. The third-order valence-corrected chi connectivity index (χ3v) is 5.72. The Balaban J connectivity index is 1.43. The Labute approximate surface area is 140 Å². The van der Waals surface area contributed by atoms with Crippen molar-refractivity contribution in [3.63, 3.8) is 0 Å². The maximum atomic E-state index is 9.91. The number of fused-ring (bicyclic) bond motifs is 1. The zero-order valence-corrected chi connectivity index (χ0v) is 13.8. The molecule has 0 radical (unpaired) electrons. The molecule has 0 aliphatic carbocycles. The molecule has 0 spiro atoms. The Morgan fingerprint density at radius 2 is 1.83 bits per heavy atom. The smallest absolute Gasteiger partial charge is 0.186 e. The van der Waals surface area contributed by atoms with Crippen molar-refractivity contribution in [2.45, 2.75) is 19.3 Å². The summed E-state index contributed by atoms with van der Waals surface area (Å²) >= 11 is 1.68. The molecular formula is C19H20N2OS. The molecule has 118 valence electrons. The van der Waals surface area contributed by atoms with Crippen LogP contribution in [0.5, 0.6) is 5.75 Å². The van der Waals surface area contributed by atoms with E-state index < -0.39 is 0 Å². The van der Waals surface area contributed by atoms with Crippen LogP contribution in [0.25, 0.3) is 10.2 Å². The number of phenolic OH excluding ortho intramolecular Hbond substituents is 1. The molecule has 4 rings (SSSR count). The van der Waals surface area contributed by atoms with Crippen LogP contribution in [0.15, 0.2) is 48.5 Å². The minimum Gasteiger partial charge on any atom is -0.506 e. The van der Waals surface area contributed by atoms with Gasteiger partial charge in [0.15, 0.2) is 5.13 Å². The summed E-state index contributed by atoms with van der Waals surface area (Å²) in [6.45, 7) is 2.11. The van der Waals surface area contributed by atoms with E-state index in [4.69, 9.17) is 0 Å². The summed E-state index contributed by atoms with van der Waals surface area (Å²) in [4.78, 5) is 7.01. The standard InChI is InChI=1S/C19H20N2OS/c22-16-7-4-8-17-18(16)20-19(23-17)21-11-9-15(10-12-21)13-14-5-2-1-3-6-14/h1-8,15,22H,9-13H2. The number of anilines is 1. The van der Waals surface area contributed by atoms with Gasteiger partial charge in [0.05, 0.1) is 4.70 Å². The fraction of sp³-hybridized carbons (Fsp3) is 0.316. The summed E-state index contributed by atoms with van der Waals surface area (Å²) < 4.78 is 1.06. The molecule has 3 nitrogen and oxygen atoms in total. The van der Waals surface area contributed by atoms with E-state index in [0.717, 1.165) is 34.4 Å². The van der Waals surface area contributed by atoms with Crippen molar-refractivity contribution >= 4 is 26.7 Å². The maximum absolute atomic E-state index is 9.91. The number of benzene rings is 2. The molecule has 1 N–H and O–H groups in total. The second kappa shape index (κ2) is 6.20. The summed E-state index contributed by atoms with van der Waals surface area (Å²) in [6.07, 6.45) is 3.59. The molecule has 1 aliphatic rings. The molecule has 1 aromatic heterocycles. The predicted octanol–water partition coefficient (Wildman–Crippen LogP) is 4.46. The van der Waals surface area contributed by atoms with Gasteiger partial charge >= 0.3 is 0 Å². The number of hydrogen-bond donors (Lipinski definition) is 1. The first-order valence-electron chi connectivity index (χ1n) is 8.17. The van der Waals surface area contributed by atoms with Crippen molar-refractivity contribution in [1.82, 2.24) is 4.98 Å². The highest BCUT2D eigenvalue weighted by Gasteiger charge is 2.22. The van der Waals surface area contributed by atoms with Gasteiger partial charge in [0.1, 0.15) is 11.3 Å². The summed E-state index contributed by atoms with van der Waals surface area (Å²) in [5, 5.41) is 11.0. The van der Waals surface area contributed by atoms with Crippen LogP contribution >= 0.6 is 11.3 Å². The van der Waals surface area contributed by atoms with E-state index in [1.807, 2.05) is 12.1 Å². The number of para-hydroxylation sites is 1. The van der Waals surface area contributed by atoms with E-state index >= 15 is 0 Å². The molecule has 0 unspecified atom stereocenters. The van der Waals surface area contributed by atoms with Crippen molar-refractivity contribution in [3.05, 3.63) is 54.1 Å². The van der Waals surface area contributed by atoms with E-state index in [1.165, 1.54) is 24.8 Å². The topological polar surface area (TPSA) is 36.4 Å². The average Bonchev–Trinajstić information content (AvgIpc) is 3.02. The number of thiazole rings is 1. The monoisotopic (exact) mass is 324 g/mol. The lowest BCUT2D eigenvalue weighted by molar-refractivity contribution is 0.403. The van der Waals surface area contributed by atoms with Gasteiger partial charge in [-0.1, -0.05) is 47.7 Å². The van der Waals surface area contributed by atoms with E-state index in [-0.39, 0.29) is 5.75 Å². The number of rotatable bonds is 3. The third-order valence-electron chi connectivity index (χ3n) is 4.64. The van der Waals surface area contributed by atoms with Crippen molar-refractivity contribution in [1.29, 1.82) is 0 Å². The van der Waals surface area contributed by atoms with Crippen molar-refractivity contribution in [3.8, 4) is 5.75 Å². The first-order valence-corrected chi connectivity index (χ1v) is 8.98. The molecule has 1 saturated heterocycles. The summed E-state index contributed by atoms with van der Waals surface area (Å²) in [5.74, 6) is 1.04. The Morgan fingerprint density at radius 1 is 1.04 bits per heavy atom. The van der Waals surface area contributed by atoms with Crippen LogP contribution in [-0.2, 0) is 6.42 Å². The average molecular weight is 324 g/mol. The fourth-order valence-electron chi connectivity index (χ4n) is 3.33. The molecule has 1 fully saturated rings. The molecule has 0 bridgehead atoms. The number of aromatic nitrogens is 1. The van der Waals surface area contributed by atoms with Gasteiger partial charge in [0.25, 0.3) is 0 Å². The quantitative estimate of drug-likeness (QED) is 0.772. The molecule has 0 atom stereocenters. The molecule has 0 amide bonds. The van der Waals surface area contributed by atoms with Gasteiger partial charge < -0.3 is 10.0 Å². The summed E-state index contributed by atoms with van der Waals surface area (Å²) in [5.41, 5.74) is 2.18. The van der Waals surface area contributed by atoms with Gasteiger partial charge in [0.2, 0.25) is 0 Å². The first kappa shape index (κ1) is 14.5. The molecule has 2 heterocycles. The minimum absolute atomic E-state index is 0.281. The minimum atomic E-state index is 0.281. The zero-order chi connectivity index (χ0) is 15.6. The van der Waals surface area contributed by atoms with Crippen molar-refractivity contribution < 1.29 is 5.11 Å². The van der Waals surface area contributed by atoms with Crippen LogP contribution in [0.2, 0.25) is 0 Å². The van der Waals surface area contributed by atoms with Gasteiger partial charge in [-0.2, -0.15) is 0 Å². The Morgan fingerprint density at radius 3 is 2.57 bits per heavy atom. The summed E-state index contributed by atoms with van der Waals surface area (Å²) in [6, 6.07) is 16.4. The van der Waals surface area contributed by atoms with E-state index in [1.54, 1.807) is 17.4 Å². The predicted molar refractivity (Wildman–Crippen MR) is 96.4 cm³/mol. The molecule has 1 aliphatic heterocycles. The SMILES string of the molecule is Oc1cccc2sc(N3CCC(Cc4ccccc4)CC3)nc12. The number of aromatic hydroxyl groups is 1. The lowest BCUT2D eigenvalue weighted by Crippen LogP contribution is -2.34. The van der Waals surface area contributed by atoms with E-state index in [9.17, 15) is 5.11 Å². The third kappa shape index (κ3) is 3.04. The van der Waals surface area contributed by atoms with Gasteiger partial charge in [-0.15, -0.1) is 0 Å². The second-order valence-electron chi connectivity index (χ2n) is 6.24. The van der Waals surface area contributed by atoms with Crippen LogP contribution in [0.3, 0.4) is 0 Å². The maximum Gasteiger partial charge on any atom is 0.186 e. The van der Waals surface area contributed by atoms with Gasteiger partial charge in [-0.25, -0.2) is 4.98 Å². The summed E-state index contributed by atoms with van der Waals surface area (Å²) in [7, 11) is 0. The lowest BCUT2D eigenvalue weighted by Gasteiger charge is -2.31. The molecule has 3 aromatic rings. The van der Waals surface area contributed by atoms with E-state index in [0.29, 0.717) is 0 Å². The van der Waals surface area contributed by atoms with E-state index in [2.05, 4.69) is 40.2 Å². The highest BCUT2D eigenvalue weighted by Crippen LogP contribution is 2.35. The van der Waals surface area contributed by atoms with Crippen LogP contribution in [-0.4, -0.2) is 23.2 Å². The highest BCUT2D eigenvalue weighted by atomic mass is 32.1. The fourth-order valence-corrected chi connectivity index (χ4v) is 4.37. The van der Waals surface area contributed by atoms with Crippen molar-refractivity contribution in [2.75, 3.05) is 18.0 Å². The number of nitrogens with zero attached hydrogens (tertiary/aromatic N) is 2.